The molecule has 0 spiro atoms. The first-order valence-corrected chi connectivity index (χ1v) is 8.29. The largest absolute Gasteiger partial charge is 0.375 e. The smallest absolute Gasteiger partial charge is 0.270 e. The molecule has 0 bridgehead atoms. The fourth-order valence-corrected chi connectivity index (χ4v) is 3.73. The van der Waals surface area contributed by atoms with Gasteiger partial charge in [-0.3, -0.25) is 14.7 Å². The van der Waals surface area contributed by atoms with Crippen LogP contribution in [-0.2, 0) is 4.74 Å². The second kappa shape index (κ2) is 5.63. The van der Waals surface area contributed by atoms with E-state index in [-0.39, 0.29) is 11.9 Å². The van der Waals surface area contributed by atoms with Gasteiger partial charge in [-0.1, -0.05) is 6.07 Å². The van der Waals surface area contributed by atoms with Crippen molar-refractivity contribution in [2.75, 3.05) is 19.7 Å². The first-order chi connectivity index (χ1) is 10.7. The summed E-state index contributed by atoms with van der Waals surface area (Å²) >= 11 is 0. The Hall–Kier alpha value is -1.46. The van der Waals surface area contributed by atoms with Crippen LogP contribution in [0.3, 0.4) is 0 Å². The van der Waals surface area contributed by atoms with Crippen molar-refractivity contribution in [3.8, 4) is 0 Å². The average molecular weight is 301 g/mol. The third kappa shape index (κ3) is 2.75. The number of hydrogen-bond acceptors (Lipinski definition) is 4. The van der Waals surface area contributed by atoms with E-state index in [1.165, 1.54) is 12.8 Å². The molecule has 0 radical (unpaired) electrons. The molecule has 2 aliphatic heterocycles. The van der Waals surface area contributed by atoms with E-state index in [4.69, 9.17) is 4.74 Å². The monoisotopic (exact) mass is 301 g/mol. The minimum atomic E-state index is -0.0531. The summed E-state index contributed by atoms with van der Waals surface area (Å²) in [6.07, 6.45) is 5.72. The number of amides is 1. The molecule has 118 valence electrons. The molecule has 1 aliphatic carbocycles. The second-order valence-corrected chi connectivity index (χ2v) is 6.89. The molecule has 3 atom stereocenters. The maximum Gasteiger partial charge on any atom is 0.270 e. The van der Waals surface area contributed by atoms with Crippen LogP contribution in [0.25, 0.3) is 0 Å². The van der Waals surface area contributed by atoms with Crippen molar-refractivity contribution >= 4 is 5.91 Å². The zero-order chi connectivity index (χ0) is 15.1. The summed E-state index contributed by atoms with van der Waals surface area (Å²) in [5.74, 6) is 0.730. The van der Waals surface area contributed by atoms with E-state index < -0.39 is 0 Å². The zero-order valence-electron chi connectivity index (χ0n) is 13.0. The normalized spacial score (nSPS) is 31.8. The standard InChI is InChI=1S/C17H23N3O2/c1-11-3-2-6-18-16(11)17(21)19-13-7-14-10-22-15(12-4-5-12)9-20(14)8-13/h2-3,6,12-15H,4-5,7-10H2,1H3,(H,19,21)/t13-,14-,15+/m0/s1. The van der Waals surface area contributed by atoms with Crippen molar-refractivity contribution in [2.24, 2.45) is 5.92 Å². The van der Waals surface area contributed by atoms with Gasteiger partial charge in [-0.15, -0.1) is 0 Å². The third-order valence-corrected chi connectivity index (χ3v) is 5.15. The number of carbonyl (C=O) groups excluding carboxylic acids is 1. The van der Waals surface area contributed by atoms with Crippen molar-refractivity contribution in [1.29, 1.82) is 0 Å². The van der Waals surface area contributed by atoms with Crippen LogP contribution in [0.5, 0.6) is 0 Å². The number of nitrogens with one attached hydrogen (secondary N) is 1. The molecule has 1 saturated carbocycles. The fraction of sp³-hybridized carbons (Fsp3) is 0.647. The minimum absolute atomic E-state index is 0.0531. The molecule has 5 nitrogen and oxygen atoms in total. The molecule has 0 unspecified atom stereocenters. The van der Waals surface area contributed by atoms with Gasteiger partial charge in [0.25, 0.3) is 5.91 Å². The highest BCUT2D eigenvalue weighted by atomic mass is 16.5. The first kappa shape index (κ1) is 14.2. The summed E-state index contributed by atoms with van der Waals surface area (Å²) in [6.45, 7) is 4.71. The van der Waals surface area contributed by atoms with Crippen molar-refractivity contribution in [2.45, 2.75) is 44.4 Å². The molecular weight excluding hydrogens is 278 g/mol. The van der Waals surface area contributed by atoms with Crippen LogP contribution in [0.15, 0.2) is 18.3 Å². The quantitative estimate of drug-likeness (QED) is 0.916. The lowest BCUT2D eigenvalue weighted by Gasteiger charge is -2.35. The number of rotatable bonds is 3. The van der Waals surface area contributed by atoms with E-state index in [9.17, 15) is 4.79 Å². The van der Waals surface area contributed by atoms with Gasteiger partial charge in [-0.2, -0.15) is 0 Å². The van der Waals surface area contributed by atoms with Gasteiger partial charge in [-0.05, 0) is 43.7 Å². The predicted molar refractivity (Wildman–Crippen MR) is 82.7 cm³/mol. The van der Waals surface area contributed by atoms with Crippen molar-refractivity contribution < 1.29 is 9.53 Å². The van der Waals surface area contributed by atoms with Gasteiger partial charge < -0.3 is 10.1 Å². The number of ether oxygens (including phenoxy) is 1. The Kier molecular flexibility index (Phi) is 3.62. The maximum absolute atomic E-state index is 12.4. The van der Waals surface area contributed by atoms with Gasteiger partial charge in [0.05, 0.1) is 12.7 Å². The summed E-state index contributed by atoms with van der Waals surface area (Å²) in [4.78, 5) is 19.1. The van der Waals surface area contributed by atoms with Gasteiger partial charge >= 0.3 is 0 Å². The van der Waals surface area contributed by atoms with E-state index in [1.54, 1.807) is 6.20 Å². The molecule has 4 rings (SSSR count). The zero-order valence-corrected chi connectivity index (χ0v) is 13.0. The van der Waals surface area contributed by atoms with Gasteiger partial charge in [0.1, 0.15) is 5.69 Å². The first-order valence-electron chi connectivity index (χ1n) is 8.29. The lowest BCUT2D eigenvalue weighted by molar-refractivity contribution is -0.0581. The van der Waals surface area contributed by atoms with Gasteiger partial charge in [0.15, 0.2) is 0 Å². The number of aryl methyl sites for hydroxylation is 1. The summed E-state index contributed by atoms with van der Waals surface area (Å²) in [5, 5.41) is 3.15. The summed E-state index contributed by atoms with van der Waals surface area (Å²) < 4.78 is 6.01. The molecule has 1 aromatic heterocycles. The molecule has 3 heterocycles. The van der Waals surface area contributed by atoms with Crippen LogP contribution in [0.4, 0.5) is 0 Å². The highest BCUT2D eigenvalue weighted by molar-refractivity contribution is 5.93. The van der Waals surface area contributed by atoms with Gasteiger partial charge in [-0.25, -0.2) is 0 Å². The summed E-state index contributed by atoms with van der Waals surface area (Å²) in [5.41, 5.74) is 1.47. The number of aromatic nitrogens is 1. The molecule has 1 amide bonds. The highest BCUT2D eigenvalue weighted by Crippen LogP contribution is 2.37. The maximum atomic E-state index is 12.4. The molecule has 1 N–H and O–H groups in total. The van der Waals surface area contributed by atoms with Crippen LogP contribution in [0, 0.1) is 12.8 Å². The van der Waals surface area contributed by atoms with Crippen molar-refractivity contribution in [3.63, 3.8) is 0 Å². The van der Waals surface area contributed by atoms with Gasteiger partial charge in [0, 0.05) is 31.4 Å². The Labute approximate surface area is 131 Å². The minimum Gasteiger partial charge on any atom is -0.375 e. The third-order valence-electron chi connectivity index (χ3n) is 5.15. The molecular formula is C17H23N3O2. The number of hydrogen-bond donors (Lipinski definition) is 1. The van der Waals surface area contributed by atoms with Crippen LogP contribution in [0.2, 0.25) is 0 Å². The lowest BCUT2D eigenvalue weighted by Crippen LogP contribution is -2.47. The molecule has 0 aromatic carbocycles. The lowest BCUT2D eigenvalue weighted by atomic mass is 10.1. The second-order valence-electron chi connectivity index (χ2n) is 6.89. The Bertz CT molecular complexity index is 573. The van der Waals surface area contributed by atoms with Crippen molar-refractivity contribution in [1.82, 2.24) is 15.2 Å². The van der Waals surface area contributed by atoms with E-state index in [2.05, 4.69) is 15.2 Å². The SMILES string of the molecule is Cc1cccnc1C(=O)N[C@H]1C[C@H]2CO[C@@H](C3CC3)CN2C1. The number of morpholine rings is 1. The van der Waals surface area contributed by atoms with Gasteiger partial charge in [0.2, 0.25) is 0 Å². The summed E-state index contributed by atoms with van der Waals surface area (Å²) in [6, 6.07) is 4.45. The number of fused-ring (bicyclic) bond motifs is 1. The Balaban J connectivity index is 1.37. The number of nitrogens with zero attached hydrogens (tertiary/aromatic N) is 2. The predicted octanol–water partition coefficient (Wildman–Crippen LogP) is 1.37. The van der Waals surface area contributed by atoms with E-state index in [1.807, 2.05) is 19.1 Å². The van der Waals surface area contributed by atoms with Crippen LogP contribution >= 0.6 is 0 Å². The number of pyridine rings is 1. The van der Waals surface area contributed by atoms with Crippen LogP contribution < -0.4 is 5.32 Å². The Morgan fingerprint density at radius 1 is 1.41 bits per heavy atom. The fourth-order valence-electron chi connectivity index (χ4n) is 3.73. The average Bonchev–Trinajstić information content (AvgIpc) is 3.28. The Morgan fingerprint density at radius 3 is 3.05 bits per heavy atom. The molecule has 3 aliphatic rings. The van der Waals surface area contributed by atoms with E-state index in [0.29, 0.717) is 17.8 Å². The topological polar surface area (TPSA) is 54.5 Å². The molecule has 1 aromatic rings. The van der Waals surface area contributed by atoms with Crippen LogP contribution in [0.1, 0.15) is 35.3 Å². The Morgan fingerprint density at radius 2 is 2.27 bits per heavy atom. The molecule has 22 heavy (non-hydrogen) atoms. The molecule has 5 heteroatoms. The summed E-state index contributed by atoms with van der Waals surface area (Å²) in [7, 11) is 0. The van der Waals surface area contributed by atoms with Crippen LogP contribution in [-0.4, -0.2) is 53.7 Å². The molecule has 2 saturated heterocycles. The molecule has 3 fully saturated rings. The van der Waals surface area contributed by atoms with E-state index in [0.717, 1.165) is 37.6 Å². The number of carbonyl (C=O) groups is 1. The van der Waals surface area contributed by atoms with E-state index >= 15 is 0 Å². The van der Waals surface area contributed by atoms with Crippen molar-refractivity contribution in [3.05, 3.63) is 29.6 Å². The highest BCUT2D eigenvalue weighted by Gasteiger charge is 2.42.